The van der Waals surface area contributed by atoms with Gasteiger partial charge in [-0.25, -0.2) is 5.84 Å². The molecule has 0 aromatic heterocycles. The van der Waals surface area contributed by atoms with E-state index in [1.165, 1.54) is 7.11 Å². The summed E-state index contributed by atoms with van der Waals surface area (Å²) in [6.07, 6.45) is 3.44. The number of amides is 1. The van der Waals surface area contributed by atoms with Crippen LogP contribution in [-0.2, 0) is 9.53 Å². The second-order valence-electron chi connectivity index (χ2n) is 3.84. The lowest BCUT2D eigenvalue weighted by molar-refractivity contribution is -0.142. The van der Waals surface area contributed by atoms with Crippen molar-refractivity contribution in [3.8, 4) is 5.75 Å². The summed E-state index contributed by atoms with van der Waals surface area (Å²) in [4.78, 5) is 22.9. The lowest BCUT2D eigenvalue weighted by Gasteiger charge is -2.07. The third-order valence-electron chi connectivity index (χ3n) is 2.52. The van der Waals surface area contributed by atoms with Gasteiger partial charge in [-0.1, -0.05) is 18.2 Å². The number of esters is 1. The van der Waals surface area contributed by atoms with Crippen LogP contribution in [0, 0.1) is 0 Å². The summed E-state index contributed by atoms with van der Waals surface area (Å²) in [5.41, 5.74) is 3.08. The Kier molecular flexibility index (Phi) is 6.25. The van der Waals surface area contributed by atoms with Gasteiger partial charge in [-0.2, -0.15) is 0 Å². The SMILES string of the molecule is CCOC(=O)CC=Cc1ccc(OC)cc1C(=O)NN. The van der Waals surface area contributed by atoms with Crippen LogP contribution in [0.25, 0.3) is 6.08 Å². The highest BCUT2D eigenvalue weighted by Gasteiger charge is 2.10. The van der Waals surface area contributed by atoms with Crippen LogP contribution in [0.3, 0.4) is 0 Å². The maximum atomic E-state index is 11.7. The van der Waals surface area contributed by atoms with Gasteiger partial charge in [0.05, 0.1) is 25.7 Å². The number of hydrogen-bond acceptors (Lipinski definition) is 5. The van der Waals surface area contributed by atoms with Crippen LogP contribution in [0.5, 0.6) is 5.75 Å². The molecule has 0 heterocycles. The van der Waals surface area contributed by atoms with E-state index in [9.17, 15) is 9.59 Å². The van der Waals surface area contributed by atoms with Gasteiger partial charge in [-0.3, -0.25) is 15.0 Å². The predicted octanol–water partition coefficient (Wildman–Crippen LogP) is 1.27. The molecule has 6 nitrogen and oxygen atoms in total. The van der Waals surface area contributed by atoms with Crippen molar-refractivity contribution >= 4 is 18.0 Å². The van der Waals surface area contributed by atoms with Gasteiger partial charge in [-0.05, 0) is 24.6 Å². The molecule has 1 rings (SSSR count). The molecule has 1 aromatic rings. The van der Waals surface area contributed by atoms with Crippen molar-refractivity contribution in [1.82, 2.24) is 5.43 Å². The summed E-state index contributed by atoms with van der Waals surface area (Å²) >= 11 is 0. The summed E-state index contributed by atoms with van der Waals surface area (Å²) in [7, 11) is 1.51. The first-order chi connectivity index (χ1) is 9.62. The number of carbonyl (C=O) groups excluding carboxylic acids is 2. The highest BCUT2D eigenvalue weighted by Crippen LogP contribution is 2.19. The van der Waals surface area contributed by atoms with Gasteiger partial charge in [0.15, 0.2) is 0 Å². The summed E-state index contributed by atoms with van der Waals surface area (Å²) in [6.45, 7) is 2.09. The molecule has 20 heavy (non-hydrogen) atoms. The molecule has 0 aliphatic heterocycles. The zero-order valence-electron chi connectivity index (χ0n) is 11.5. The molecule has 0 aliphatic carbocycles. The second kappa shape index (κ2) is 7.96. The van der Waals surface area contributed by atoms with Gasteiger partial charge in [0.25, 0.3) is 5.91 Å². The minimum absolute atomic E-state index is 0.142. The van der Waals surface area contributed by atoms with Crippen LogP contribution in [0.1, 0.15) is 29.3 Å². The fraction of sp³-hybridized carbons (Fsp3) is 0.286. The Hall–Kier alpha value is -2.34. The number of benzene rings is 1. The topological polar surface area (TPSA) is 90.6 Å². The number of nitrogen functional groups attached to an aromatic ring is 1. The summed E-state index contributed by atoms with van der Waals surface area (Å²) < 4.78 is 9.87. The molecule has 0 radical (unpaired) electrons. The van der Waals surface area contributed by atoms with Gasteiger partial charge < -0.3 is 9.47 Å². The van der Waals surface area contributed by atoms with Crippen molar-refractivity contribution in [1.29, 1.82) is 0 Å². The molecule has 0 unspecified atom stereocenters. The Bertz CT molecular complexity index is 512. The number of carbonyl (C=O) groups is 2. The van der Waals surface area contributed by atoms with E-state index in [0.29, 0.717) is 23.5 Å². The maximum absolute atomic E-state index is 11.7. The van der Waals surface area contributed by atoms with Crippen molar-refractivity contribution in [2.45, 2.75) is 13.3 Å². The maximum Gasteiger partial charge on any atom is 0.309 e. The molecule has 0 atom stereocenters. The van der Waals surface area contributed by atoms with Crippen LogP contribution >= 0.6 is 0 Å². The van der Waals surface area contributed by atoms with Crippen molar-refractivity contribution < 1.29 is 19.1 Å². The number of hydrogen-bond donors (Lipinski definition) is 2. The number of rotatable bonds is 6. The second-order valence-corrected chi connectivity index (χ2v) is 3.84. The molecule has 0 bridgehead atoms. The zero-order valence-corrected chi connectivity index (χ0v) is 11.5. The highest BCUT2D eigenvalue weighted by atomic mass is 16.5. The van der Waals surface area contributed by atoms with E-state index in [4.69, 9.17) is 15.3 Å². The first kappa shape index (κ1) is 15.7. The van der Waals surface area contributed by atoms with Gasteiger partial charge in [0.1, 0.15) is 5.75 Å². The molecular formula is C14H18N2O4. The zero-order chi connectivity index (χ0) is 15.0. The molecule has 0 saturated carbocycles. The Morgan fingerprint density at radius 1 is 1.40 bits per heavy atom. The van der Waals surface area contributed by atoms with Crippen molar-refractivity contribution in [3.05, 3.63) is 35.4 Å². The molecule has 0 fully saturated rings. The van der Waals surface area contributed by atoms with Gasteiger partial charge in [0, 0.05) is 0 Å². The molecular weight excluding hydrogens is 260 g/mol. The summed E-state index contributed by atoms with van der Waals surface area (Å²) in [5.74, 6) is 4.94. The van der Waals surface area contributed by atoms with Gasteiger partial charge in [-0.15, -0.1) is 0 Å². The minimum atomic E-state index is -0.431. The summed E-state index contributed by atoms with van der Waals surface area (Å²) in [5, 5.41) is 0. The molecule has 6 heteroatoms. The first-order valence-electron chi connectivity index (χ1n) is 6.13. The lowest BCUT2D eigenvalue weighted by Crippen LogP contribution is -2.30. The first-order valence-corrected chi connectivity index (χ1v) is 6.13. The number of hydrazine groups is 1. The monoisotopic (exact) mass is 278 g/mol. The van der Waals surface area contributed by atoms with E-state index in [1.54, 1.807) is 37.3 Å². The Labute approximate surface area is 117 Å². The van der Waals surface area contributed by atoms with Gasteiger partial charge >= 0.3 is 5.97 Å². The number of ether oxygens (including phenoxy) is 2. The average Bonchev–Trinajstić information content (AvgIpc) is 2.47. The van der Waals surface area contributed by atoms with E-state index in [2.05, 4.69) is 5.43 Å². The molecule has 3 N–H and O–H groups in total. The molecule has 0 saturated heterocycles. The fourth-order valence-corrected chi connectivity index (χ4v) is 1.58. The van der Waals surface area contributed by atoms with E-state index in [-0.39, 0.29) is 12.4 Å². The molecule has 0 aliphatic rings. The quantitative estimate of drug-likeness (QED) is 0.354. The number of nitrogens with two attached hydrogens (primary N) is 1. The normalized spacial score (nSPS) is 10.3. The van der Waals surface area contributed by atoms with Crippen LogP contribution in [0.15, 0.2) is 24.3 Å². The summed E-state index contributed by atoms with van der Waals surface area (Å²) in [6, 6.07) is 5.01. The van der Waals surface area contributed by atoms with Crippen molar-refractivity contribution in [3.63, 3.8) is 0 Å². The van der Waals surface area contributed by atoms with Crippen molar-refractivity contribution in [2.24, 2.45) is 5.84 Å². The van der Waals surface area contributed by atoms with E-state index < -0.39 is 5.91 Å². The van der Waals surface area contributed by atoms with E-state index >= 15 is 0 Å². The largest absolute Gasteiger partial charge is 0.497 e. The smallest absolute Gasteiger partial charge is 0.309 e. The standard InChI is InChI=1S/C14H18N2O4/c1-3-20-13(17)6-4-5-10-7-8-11(19-2)9-12(10)14(18)16-15/h4-5,7-9H,3,6,15H2,1-2H3,(H,16,18). The number of nitrogens with one attached hydrogen (secondary N) is 1. The third-order valence-corrected chi connectivity index (χ3v) is 2.52. The minimum Gasteiger partial charge on any atom is -0.497 e. The molecule has 1 aromatic carbocycles. The molecule has 0 spiro atoms. The van der Waals surface area contributed by atoms with Gasteiger partial charge in [0.2, 0.25) is 0 Å². The lowest BCUT2D eigenvalue weighted by atomic mass is 10.1. The van der Waals surface area contributed by atoms with E-state index in [0.717, 1.165) is 0 Å². The van der Waals surface area contributed by atoms with Crippen LogP contribution in [0.4, 0.5) is 0 Å². The fourth-order valence-electron chi connectivity index (χ4n) is 1.58. The number of methoxy groups -OCH3 is 1. The molecule has 108 valence electrons. The van der Waals surface area contributed by atoms with Crippen LogP contribution in [-0.4, -0.2) is 25.6 Å². The van der Waals surface area contributed by atoms with Crippen LogP contribution in [0.2, 0.25) is 0 Å². The third kappa shape index (κ3) is 4.40. The van der Waals surface area contributed by atoms with Crippen molar-refractivity contribution in [2.75, 3.05) is 13.7 Å². The predicted molar refractivity (Wildman–Crippen MR) is 74.9 cm³/mol. The Morgan fingerprint density at radius 2 is 2.15 bits per heavy atom. The highest BCUT2D eigenvalue weighted by molar-refractivity contribution is 5.97. The Morgan fingerprint density at radius 3 is 2.75 bits per heavy atom. The Balaban J connectivity index is 2.90. The average molecular weight is 278 g/mol. The molecule has 1 amide bonds. The van der Waals surface area contributed by atoms with E-state index in [1.807, 2.05) is 0 Å². The van der Waals surface area contributed by atoms with Crippen LogP contribution < -0.4 is 16.0 Å².